The summed E-state index contributed by atoms with van der Waals surface area (Å²) in [5.41, 5.74) is 10.9. The quantitative estimate of drug-likeness (QED) is 0.541. The average molecular weight is 420 g/mol. The van der Waals surface area contributed by atoms with Crippen molar-refractivity contribution in [1.29, 1.82) is 0 Å². The number of carboxylic acid groups (broad SMARTS) is 1. The van der Waals surface area contributed by atoms with Crippen molar-refractivity contribution in [3.05, 3.63) is 59.2 Å². The van der Waals surface area contributed by atoms with Gasteiger partial charge in [0.2, 0.25) is 0 Å². The van der Waals surface area contributed by atoms with Gasteiger partial charge in [-0.25, -0.2) is 4.79 Å². The van der Waals surface area contributed by atoms with Crippen LogP contribution in [0.3, 0.4) is 0 Å². The first kappa shape index (κ1) is 21.6. The fraction of sp³-hybridized carbons (Fsp3) is 0.444. The zero-order valence-electron chi connectivity index (χ0n) is 18.5. The van der Waals surface area contributed by atoms with Crippen molar-refractivity contribution >= 4 is 12.0 Å². The Morgan fingerprint density at radius 2 is 1.84 bits per heavy atom. The van der Waals surface area contributed by atoms with Crippen LogP contribution in [0.4, 0.5) is 0 Å². The maximum Gasteiger partial charge on any atom is 0.328 e. The number of carbonyl (C=O) groups is 1. The fourth-order valence-electron chi connectivity index (χ4n) is 6.33. The first-order valence-electron chi connectivity index (χ1n) is 11.4. The van der Waals surface area contributed by atoms with Crippen LogP contribution in [0, 0.1) is 17.8 Å². The Hall–Kier alpha value is -2.59. The Morgan fingerprint density at radius 1 is 1.13 bits per heavy atom. The zero-order chi connectivity index (χ0) is 22.2. The number of hydrogen-bond donors (Lipinski definition) is 3. The smallest absolute Gasteiger partial charge is 0.328 e. The van der Waals surface area contributed by atoms with Gasteiger partial charge in [-0.15, -0.1) is 0 Å². The molecule has 2 saturated carbocycles. The van der Waals surface area contributed by atoms with Gasteiger partial charge in [0.15, 0.2) is 0 Å². The van der Waals surface area contributed by atoms with E-state index in [0.717, 1.165) is 64.5 Å². The molecule has 0 heterocycles. The number of nitrogens with two attached hydrogens (primary N) is 1. The maximum atomic E-state index is 10.8. The molecule has 0 radical (unpaired) electrons. The van der Waals surface area contributed by atoms with Gasteiger partial charge >= 0.3 is 5.97 Å². The molecule has 0 spiro atoms. The van der Waals surface area contributed by atoms with Crippen LogP contribution < -0.4 is 5.73 Å². The van der Waals surface area contributed by atoms with Gasteiger partial charge in [-0.3, -0.25) is 0 Å². The van der Waals surface area contributed by atoms with Crippen LogP contribution in [0.25, 0.3) is 17.2 Å². The SMILES string of the molecule is CC1CC2CC(C1)CC(C)(c1cc(-c3ccc(/C=C/C(=O)O)cc3CN)ccc1O)C2. The van der Waals surface area contributed by atoms with Gasteiger partial charge in [0, 0.05) is 18.2 Å². The topological polar surface area (TPSA) is 83.5 Å². The van der Waals surface area contributed by atoms with Gasteiger partial charge in [0.1, 0.15) is 5.75 Å². The number of carboxylic acids is 1. The lowest BCUT2D eigenvalue weighted by molar-refractivity contribution is -0.131. The molecule has 2 fully saturated rings. The molecule has 2 unspecified atom stereocenters. The van der Waals surface area contributed by atoms with Crippen LogP contribution in [-0.2, 0) is 16.8 Å². The lowest BCUT2D eigenvalue weighted by atomic mass is 9.57. The average Bonchev–Trinajstić information content (AvgIpc) is 2.71. The number of hydrogen-bond acceptors (Lipinski definition) is 3. The van der Waals surface area contributed by atoms with Gasteiger partial charge in [0.05, 0.1) is 0 Å². The zero-order valence-corrected chi connectivity index (χ0v) is 18.5. The molecule has 31 heavy (non-hydrogen) atoms. The van der Waals surface area contributed by atoms with Gasteiger partial charge < -0.3 is 15.9 Å². The lowest BCUT2D eigenvalue weighted by Gasteiger charge is -2.47. The molecule has 4 N–H and O–H groups in total. The summed E-state index contributed by atoms with van der Waals surface area (Å²) >= 11 is 0. The Balaban J connectivity index is 1.69. The molecule has 2 atom stereocenters. The molecule has 0 aliphatic heterocycles. The van der Waals surface area contributed by atoms with Gasteiger partial charge in [0.25, 0.3) is 0 Å². The van der Waals surface area contributed by atoms with E-state index in [0.29, 0.717) is 12.3 Å². The van der Waals surface area contributed by atoms with Gasteiger partial charge in [-0.05, 0) is 102 Å². The molecule has 2 bridgehead atoms. The van der Waals surface area contributed by atoms with E-state index in [1.807, 2.05) is 30.3 Å². The molecular formula is C27H33NO3. The van der Waals surface area contributed by atoms with Crippen LogP contribution in [0.15, 0.2) is 42.5 Å². The Morgan fingerprint density at radius 3 is 2.48 bits per heavy atom. The van der Waals surface area contributed by atoms with Crippen molar-refractivity contribution in [2.45, 2.75) is 57.9 Å². The molecule has 4 rings (SSSR count). The summed E-state index contributed by atoms with van der Waals surface area (Å²) in [4.78, 5) is 10.8. The first-order valence-corrected chi connectivity index (χ1v) is 11.4. The van der Waals surface area contributed by atoms with E-state index in [4.69, 9.17) is 10.8 Å². The third-order valence-corrected chi connectivity index (χ3v) is 7.34. The lowest BCUT2D eigenvalue weighted by Crippen LogP contribution is -2.38. The highest BCUT2D eigenvalue weighted by Crippen LogP contribution is 2.53. The predicted octanol–water partition coefficient (Wildman–Crippen LogP) is 5.72. The van der Waals surface area contributed by atoms with E-state index in [1.54, 1.807) is 6.08 Å². The normalized spacial score (nSPS) is 28.0. The maximum absolute atomic E-state index is 10.8. The second-order valence-corrected chi connectivity index (χ2v) is 10.0. The van der Waals surface area contributed by atoms with Crippen molar-refractivity contribution in [1.82, 2.24) is 0 Å². The summed E-state index contributed by atoms with van der Waals surface area (Å²) in [6, 6.07) is 11.8. The fourth-order valence-corrected chi connectivity index (χ4v) is 6.33. The molecule has 164 valence electrons. The van der Waals surface area contributed by atoms with Crippen molar-refractivity contribution in [3.8, 4) is 16.9 Å². The number of fused-ring (bicyclic) bond motifs is 2. The minimum absolute atomic E-state index is 0.0130. The van der Waals surface area contributed by atoms with E-state index >= 15 is 0 Å². The number of aliphatic carboxylic acids is 1. The molecule has 4 nitrogen and oxygen atoms in total. The van der Waals surface area contributed by atoms with E-state index in [2.05, 4.69) is 19.9 Å². The van der Waals surface area contributed by atoms with Crippen LogP contribution in [0.5, 0.6) is 5.75 Å². The van der Waals surface area contributed by atoms with Crippen molar-refractivity contribution in [3.63, 3.8) is 0 Å². The third kappa shape index (κ3) is 4.54. The molecular weight excluding hydrogens is 386 g/mol. The minimum Gasteiger partial charge on any atom is -0.508 e. The van der Waals surface area contributed by atoms with Crippen molar-refractivity contribution in [2.24, 2.45) is 23.5 Å². The number of phenols is 1. The molecule has 0 amide bonds. The summed E-state index contributed by atoms with van der Waals surface area (Å²) in [5, 5.41) is 19.7. The highest BCUT2D eigenvalue weighted by Gasteiger charge is 2.42. The van der Waals surface area contributed by atoms with Gasteiger partial charge in [-0.2, -0.15) is 0 Å². The summed E-state index contributed by atoms with van der Waals surface area (Å²) in [7, 11) is 0. The third-order valence-electron chi connectivity index (χ3n) is 7.34. The van der Waals surface area contributed by atoms with Crippen LogP contribution >= 0.6 is 0 Å². The summed E-state index contributed by atoms with van der Waals surface area (Å²) in [5.74, 6) is 1.72. The Bertz CT molecular complexity index is 992. The number of aromatic hydroxyl groups is 1. The van der Waals surface area contributed by atoms with Crippen LogP contribution in [0.1, 0.15) is 62.6 Å². The Kier molecular flexibility index (Phi) is 5.94. The number of rotatable bonds is 5. The number of phenolic OH excluding ortho intramolecular Hbond substituents is 1. The second-order valence-electron chi connectivity index (χ2n) is 10.0. The highest BCUT2D eigenvalue weighted by atomic mass is 16.4. The minimum atomic E-state index is -0.971. The van der Waals surface area contributed by atoms with E-state index in [9.17, 15) is 9.90 Å². The van der Waals surface area contributed by atoms with E-state index in [-0.39, 0.29) is 5.41 Å². The standard InChI is InChI=1S/C27H33NO3/c1-17-9-19-11-20(10-17)15-27(2,14-19)24-13-21(5-7-25(24)29)23-6-3-18(4-8-26(30)31)12-22(23)16-28/h3-8,12-13,17,19-20,29H,9-11,14-16,28H2,1-2H3,(H,30,31)/b8-4+. The molecule has 0 saturated heterocycles. The van der Waals surface area contributed by atoms with Crippen molar-refractivity contribution < 1.29 is 15.0 Å². The first-order chi connectivity index (χ1) is 14.8. The molecule has 2 aliphatic carbocycles. The Labute approximate surface area is 184 Å². The van der Waals surface area contributed by atoms with Gasteiger partial charge in [-0.1, -0.05) is 32.0 Å². The summed E-state index contributed by atoms with van der Waals surface area (Å²) < 4.78 is 0. The monoisotopic (exact) mass is 419 g/mol. The predicted molar refractivity (Wildman–Crippen MR) is 125 cm³/mol. The molecule has 0 aromatic heterocycles. The summed E-state index contributed by atoms with van der Waals surface area (Å²) in [6.45, 7) is 5.06. The van der Waals surface area contributed by atoms with Crippen molar-refractivity contribution in [2.75, 3.05) is 0 Å². The number of benzene rings is 2. The van der Waals surface area contributed by atoms with Crippen LogP contribution in [-0.4, -0.2) is 16.2 Å². The summed E-state index contributed by atoms with van der Waals surface area (Å²) in [6.07, 6.45) is 8.92. The molecule has 2 aromatic rings. The molecule has 4 heteroatoms. The van der Waals surface area contributed by atoms with E-state index < -0.39 is 5.97 Å². The molecule has 2 aromatic carbocycles. The second kappa shape index (κ2) is 8.51. The largest absolute Gasteiger partial charge is 0.508 e. The van der Waals surface area contributed by atoms with E-state index in [1.165, 1.54) is 19.3 Å². The highest BCUT2D eigenvalue weighted by molar-refractivity contribution is 5.85. The van der Waals surface area contributed by atoms with Crippen LogP contribution in [0.2, 0.25) is 0 Å². The molecule has 2 aliphatic rings.